The van der Waals surface area contributed by atoms with Gasteiger partial charge < -0.3 is 0 Å². The molecular weight excluding hydrogens is 398 g/mol. The molecule has 8 heteroatoms. The summed E-state index contributed by atoms with van der Waals surface area (Å²) in [5.74, 6) is -0.380. The number of carbonyl (C=O) groups excluding carboxylic acids is 2. The molecule has 0 atom stereocenters. The monoisotopic (exact) mass is 413 g/mol. The fourth-order valence-corrected chi connectivity index (χ4v) is 4.16. The summed E-state index contributed by atoms with van der Waals surface area (Å²) in [5, 5.41) is 1.44. The number of hydrogen-bond donors (Lipinski definition) is 0. The van der Waals surface area contributed by atoms with Crippen molar-refractivity contribution in [1.29, 1.82) is 0 Å². The lowest BCUT2D eigenvalue weighted by atomic mass is 10.2. The molecule has 6 nitrogen and oxygen atoms in total. The van der Waals surface area contributed by atoms with E-state index in [0.717, 1.165) is 11.8 Å². The van der Waals surface area contributed by atoms with Crippen LogP contribution in [-0.2, 0) is 9.59 Å². The van der Waals surface area contributed by atoms with Gasteiger partial charge in [-0.3, -0.25) is 23.9 Å². The number of para-hydroxylation sites is 1. The van der Waals surface area contributed by atoms with E-state index < -0.39 is 0 Å². The molecule has 0 bridgehead atoms. The Morgan fingerprint density at radius 1 is 1.11 bits per heavy atom. The number of imide groups is 1. The number of benzene rings is 2. The first-order chi connectivity index (χ1) is 13.5. The molecule has 0 N–H and O–H groups in total. The van der Waals surface area contributed by atoms with Crippen molar-refractivity contribution in [2.24, 2.45) is 0 Å². The van der Waals surface area contributed by atoms with Crippen LogP contribution < -0.4 is 5.56 Å². The Balaban J connectivity index is 1.74. The van der Waals surface area contributed by atoms with E-state index in [1.807, 2.05) is 6.07 Å². The smallest absolute Gasteiger partial charge is 0.266 e. The lowest BCUT2D eigenvalue weighted by Gasteiger charge is -2.15. The maximum atomic E-state index is 13.1. The molecule has 28 heavy (non-hydrogen) atoms. The number of amides is 2. The Morgan fingerprint density at radius 2 is 1.86 bits per heavy atom. The highest BCUT2D eigenvalue weighted by atomic mass is 35.5. The zero-order valence-corrected chi connectivity index (χ0v) is 16.4. The molecule has 1 aliphatic rings. The Kier molecular flexibility index (Phi) is 5.19. The van der Waals surface area contributed by atoms with E-state index in [1.54, 1.807) is 42.5 Å². The molecule has 142 valence electrons. The molecule has 1 aliphatic heterocycles. The minimum absolute atomic E-state index is 0.0319. The second-order valence-corrected chi connectivity index (χ2v) is 7.74. The number of likely N-dealkylation sites (tertiary alicyclic amines) is 1. The fraction of sp³-hybridized carbons (Fsp3) is 0.200. The van der Waals surface area contributed by atoms with Crippen molar-refractivity contribution < 1.29 is 9.59 Å². The predicted molar refractivity (Wildman–Crippen MR) is 109 cm³/mol. The molecular formula is C20H16ClN3O3S. The van der Waals surface area contributed by atoms with E-state index in [1.165, 1.54) is 9.47 Å². The molecule has 0 unspecified atom stereocenters. The van der Waals surface area contributed by atoms with E-state index in [-0.39, 0.29) is 23.1 Å². The topological polar surface area (TPSA) is 72.3 Å². The molecule has 1 saturated heterocycles. The normalized spacial score (nSPS) is 14.0. The molecule has 1 aromatic heterocycles. The van der Waals surface area contributed by atoms with Gasteiger partial charge in [-0.1, -0.05) is 35.5 Å². The summed E-state index contributed by atoms with van der Waals surface area (Å²) in [6.45, 7) is 0.452. The van der Waals surface area contributed by atoms with Crippen LogP contribution in [0.15, 0.2) is 58.5 Å². The molecule has 2 amide bonds. The highest BCUT2D eigenvalue weighted by Gasteiger charge is 2.26. The molecule has 2 aromatic carbocycles. The summed E-state index contributed by atoms with van der Waals surface area (Å²) in [7, 11) is 0. The second-order valence-electron chi connectivity index (χ2n) is 6.36. The van der Waals surface area contributed by atoms with Crippen LogP contribution in [-0.4, -0.2) is 38.6 Å². The second kappa shape index (κ2) is 7.77. The first-order valence-corrected chi connectivity index (χ1v) is 10.1. The van der Waals surface area contributed by atoms with Gasteiger partial charge in [-0.05, 0) is 42.8 Å². The van der Waals surface area contributed by atoms with Crippen molar-refractivity contribution in [1.82, 2.24) is 14.5 Å². The van der Waals surface area contributed by atoms with Gasteiger partial charge in [0.05, 0.1) is 22.3 Å². The zero-order valence-electron chi connectivity index (χ0n) is 14.8. The average Bonchev–Trinajstić information content (AvgIpc) is 3.13. The van der Waals surface area contributed by atoms with Crippen LogP contribution in [0, 0.1) is 0 Å². The number of carbonyl (C=O) groups is 2. The maximum absolute atomic E-state index is 13.1. The number of halogens is 1. The maximum Gasteiger partial charge on any atom is 0.266 e. The molecule has 0 radical (unpaired) electrons. The van der Waals surface area contributed by atoms with E-state index in [4.69, 9.17) is 11.6 Å². The zero-order chi connectivity index (χ0) is 19.7. The van der Waals surface area contributed by atoms with Gasteiger partial charge in [-0.2, -0.15) is 0 Å². The SMILES string of the molecule is O=C1CCCN1C(=O)CSc1nc2ccccc2c(=O)n1-c1ccc(Cl)cc1. The van der Waals surface area contributed by atoms with Crippen LogP contribution in [0.1, 0.15) is 12.8 Å². The van der Waals surface area contributed by atoms with E-state index in [0.29, 0.717) is 46.2 Å². The molecule has 0 aliphatic carbocycles. The molecule has 2 heterocycles. The third-order valence-electron chi connectivity index (χ3n) is 4.53. The third kappa shape index (κ3) is 3.55. The lowest BCUT2D eigenvalue weighted by molar-refractivity contribution is -0.140. The van der Waals surface area contributed by atoms with Crippen molar-refractivity contribution in [2.75, 3.05) is 12.3 Å². The average molecular weight is 414 g/mol. The number of thioether (sulfide) groups is 1. The van der Waals surface area contributed by atoms with Gasteiger partial charge in [-0.25, -0.2) is 4.98 Å². The Labute approximate surface area is 170 Å². The molecule has 0 spiro atoms. The first-order valence-electron chi connectivity index (χ1n) is 8.78. The number of rotatable bonds is 4. The number of aromatic nitrogens is 2. The number of fused-ring (bicyclic) bond motifs is 1. The molecule has 1 fully saturated rings. The standard InChI is InChI=1S/C20H16ClN3O3S/c21-13-7-9-14(10-8-13)24-19(27)15-4-1-2-5-16(15)22-20(24)28-12-18(26)23-11-3-6-17(23)25/h1-2,4-5,7-10H,3,6,11-12H2. The van der Waals surface area contributed by atoms with Gasteiger partial charge in [0.2, 0.25) is 11.8 Å². The van der Waals surface area contributed by atoms with Crippen LogP contribution in [0.3, 0.4) is 0 Å². The minimum Gasteiger partial charge on any atom is -0.282 e. The van der Waals surface area contributed by atoms with Gasteiger partial charge >= 0.3 is 0 Å². The summed E-state index contributed by atoms with van der Waals surface area (Å²) in [5.41, 5.74) is 0.949. The summed E-state index contributed by atoms with van der Waals surface area (Å²) in [6.07, 6.45) is 1.10. The van der Waals surface area contributed by atoms with Crippen LogP contribution in [0.5, 0.6) is 0 Å². The van der Waals surface area contributed by atoms with Crippen molar-refractivity contribution in [3.05, 3.63) is 63.9 Å². The molecule has 4 rings (SSSR count). The summed E-state index contributed by atoms with van der Waals surface area (Å²) in [4.78, 5) is 43.2. The van der Waals surface area contributed by atoms with Gasteiger partial charge in [0.1, 0.15) is 0 Å². The fourth-order valence-electron chi connectivity index (χ4n) is 3.14. The summed E-state index contributed by atoms with van der Waals surface area (Å²) in [6, 6.07) is 13.9. The van der Waals surface area contributed by atoms with E-state index in [2.05, 4.69) is 4.98 Å². The van der Waals surface area contributed by atoms with Crippen LogP contribution in [0.4, 0.5) is 0 Å². The Hall–Kier alpha value is -2.64. The van der Waals surface area contributed by atoms with Crippen LogP contribution in [0.25, 0.3) is 16.6 Å². The van der Waals surface area contributed by atoms with Gasteiger partial charge in [-0.15, -0.1) is 0 Å². The van der Waals surface area contributed by atoms with E-state index in [9.17, 15) is 14.4 Å². The van der Waals surface area contributed by atoms with Gasteiger partial charge in [0.25, 0.3) is 5.56 Å². The predicted octanol–water partition coefficient (Wildman–Crippen LogP) is 3.28. The van der Waals surface area contributed by atoms with Crippen molar-refractivity contribution in [3.8, 4) is 5.69 Å². The summed E-state index contributed by atoms with van der Waals surface area (Å²) >= 11 is 7.12. The highest BCUT2D eigenvalue weighted by Crippen LogP contribution is 2.23. The number of nitrogens with zero attached hydrogens (tertiary/aromatic N) is 3. The molecule has 0 saturated carbocycles. The highest BCUT2D eigenvalue weighted by molar-refractivity contribution is 7.99. The minimum atomic E-state index is -0.266. The van der Waals surface area contributed by atoms with E-state index >= 15 is 0 Å². The quantitative estimate of drug-likeness (QED) is 0.485. The van der Waals surface area contributed by atoms with Gasteiger partial charge in [0, 0.05) is 18.0 Å². The Morgan fingerprint density at radius 3 is 2.57 bits per heavy atom. The Bertz CT molecular complexity index is 1130. The third-order valence-corrected chi connectivity index (χ3v) is 5.70. The van der Waals surface area contributed by atoms with Crippen molar-refractivity contribution in [3.63, 3.8) is 0 Å². The largest absolute Gasteiger partial charge is 0.282 e. The molecule has 3 aromatic rings. The number of hydrogen-bond acceptors (Lipinski definition) is 5. The van der Waals surface area contributed by atoms with Crippen LogP contribution in [0.2, 0.25) is 5.02 Å². The van der Waals surface area contributed by atoms with Crippen molar-refractivity contribution >= 4 is 46.1 Å². The first kappa shape index (κ1) is 18.7. The van der Waals surface area contributed by atoms with Gasteiger partial charge in [0.15, 0.2) is 5.16 Å². The van der Waals surface area contributed by atoms with Crippen LogP contribution >= 0.6 is 23.4 Å². The lowest BCUT2D eigenvalue weighted by Crippen LogP contribution is -2.33. The van der Waals surface area contributed by atoms with Crippen molar-refractivity contribution in [2.45, 2.75) is 18.0 Å². The summed E-state index contributed by atoms with van der Waals surface area (Å²) < 4.78 is 1.47.